The first kappa shape index (κ1) is 17.9. The number of ether oxygens (including phenoxy) is 1. The molecule has 0 radical (unpaired) electrons. The van der Waals surface area contributed by atoms with Gasteiger partial charge in [0, 0.05) is 40.6 Å². The van der Waals surface area contributed by atoms with Crippen LogP contribution in [0.2, 0.25) is 5.02 Å². The quantitative estimate of drug-likeness (QED) is 0.455. The molecule has 6 heteroatoms. The second-order valence-electron chi connectivity index (χ2n) is 6.90. The van der Waals surface area contributed by atoms with Gasteiger partial charge in [-0.25, -0.2) is 9.97 Å². The third-order valence-electron chi connectivity index (χ3n) is 5.07. The van der Waals surface area contributed by atoms with Gasteiger partial charge in [-0.3, -0.25) is 4.98 Å². The molecule has 0 bridgehead atoms. The van der Waals surface area contributed by atoms with Crippen LogP contribution in [0.5, 0.6) is 5.75 Å². The Morgan fingerprint density at radius 2 is 2.03 bits per heavy atom. The van der Waals surface area contributed by atoms with Crippen LogP contribution in [0, 0.1) is 0 Å². The third-order valence-corrected chi connectivity index (χ3v) is 5.31. The number of anilines is 2. The van der Waals surface area contributed by atoms with E-state index in [9.17, 15) is 0 Å². The predicted octanol–water partition coefficient (Wildman–Crippen LogP) is 5.44. The zero-order valence-electron chi connectivity index (χ0n) is 16.0. The summed E-state index contributed by atoms with van der Waals surface area (Å²) < 4.78 is 5.73. The predicted molar refractivity (Wildman–Crippen MR) is 116 cm³/mol. The molecule has 1 aliphatic rings. The number of hydrogen-bond donors (Lipinski definition) is 0. The fourth-order valence-corrected chi connectivity index (χ4v) is 3.96. The lowest BCUT2D eigenvalue weighted by Gasteiger charge is -2.21. The standard InChI is InChI=1S/C23H19ClN4O/c1-2-29-18-6-7-20-19(13-18)23(27-22(26-20)16-4-3-10-25-14-16)28-11-9-15-12-17(24)5-8-21(15)28/h3-8,10,12-14H,2,9,11H2,1H3. The van der Waals surface area contributed by atoms with Crippen molar-refractivity contribution in [2.24, 2.45) is 0 Å². The van der Waals surface area contributed by atoms with Crippen molar-refractivity contribution in [3.63, 3.8) is 0 Å². The molecule has 5 nitrogen and oxygen atoms in total. The van der Waals surface area contributed by atoms with Gasteiger partial charge in [0.2, 0.25) is 0 Å². The van der Waals surface area contributed by atoms with Gasteiger partial charge in [0.25, 0.3) is 0 Å². The molecule has 0 atom stereocenters. The van der Waals surface area contributed by atoms with E-state index in [1.54, 1.807) is 12.4 Å². The fourth-order valence-electron chi connectivity index (χ4n) is 3.77. The Morgan fingerprint density at radius 3 is 2.86 bits per heavy atom. The van der Waals surface area contributed by atoms with Crippen LogP contribution in [0.3, 0.4) is 0 Å². The SMILES string of the molecule is CCOc1ccc2nc(-c3cccnc3)nc(N3CCc4cc(Cl)ccc43)c2c1. The first-order chi connectivity index (χ1) is 14.2. The Hall–Kier alpha value is -3.18. The van der Waals surface area contributed by atoms with Gasteiger partial charge in [-0.2, -0.15) is 0 Å². The Labute approximate surface area is 174 Å². The van der Waals surface area contributed by atoms with Crippen LogP contribution >= 0.6 is 11.6 Å². The molecular weight excluding hydrogens is 384 g/mol. The van der Waals surface area contributed by atoms with Gasteiger partial charge in [-0.15, -0.1) is 0 Å². The van der Waals surface area contributed by atoms with Gasteiger partial charge >= 0.3 is 0 Å². The minimum Gasteiger partial charge on any atom is -0.494 e. The molecule has 3 heterocycles. The first-order valence-corrected chi connectivity index (χ1v) is 10.0. The van der Waals surface area contributed by atoms with E-state index < -0.39 is 0 Å². The highest BCUT2D eigenvalue weighted by Gasteiger charge is 2.24. The van der Waals surface area contributed by atoms with Crippen LogP contribution in [0.4, 0.5) is 11.5 Å². The molecule has 0 saturated carbocycles. The molecule has 4 aromatic rings. The summed E-state index contributed by atoms with van der Waals surface area (Å²) in [4.78, 5) is 16.2. The van der Waals surface area contributed by atoms with Crippen molar-refractivity contribution < 1.29 is 4.74 Å². The zero-order valence-corrected chi connectivity index (χ0v) is 16.7. The van der Waals surface area contributed by atoms with E-state index >= 15 is 0 Å². The summed E-state index contributed by atoms with van der Waals surface area (Å²) in [6.07, 6.45) is 4.46. The Kier molecular flexibility index (Phi) is 4.52. The number of fused-ring (bicyclic) bond motifs is 2. The molecule has 0 N–H and O–H groups in total. The molecule has 0 fully saturated rings. The van der Waals surface area contributed by atoms with E-state index in [1.807, 2.05) is 49.4 Å². The average Bonchev–Trinajstić information content (AvgIpc) is 3.16. The summed E-state index contributed by atoms with van der Waals surface area (Å²) in [7, 11) is 0. The smallest absolute Gasteiger partial charge is 0.163 e. The van der Waals surface area contributed by atoms with E-state index in [0.717, 1.165) is 51.7 Å². The van der Waals surface area contributed by atoms with Crippen LogP contribution in [-0.4, -0.2) is 28.1 Å². The molecule has 29 heavy (non-hydrogen) atoms. The molecular formula is C23H19ClN4O. The number of hydrogen-bond acceptors (Lipinski definition) is 5. The molecule has 0 amide bonds. The number of halogens is 1. The van der Waals surface area contributed by atoms with Crippen molar-refractivity contribution in [3.8, 4) is 17.1 Å². The lowest BCUT2D eigenvalue weighted by molar-refractivity contribution is 0.340. The lowest BCUT2D eigenvalue weighted by Crippen LogP contribution is -2.16. The van der Waals surface area contributed by atoms with E-state index in [1.165, 1.54) is 5.56 Å². The molecule has 2 aromatic carbocycles. The Balaban J connectivity index is 1.73. The maximum Gasteiger partial charge on any atom is 0.163 e. The molecule has 1 aliphatic heterocycles. The van der Waals surface area contributed by atoms with Gasteiger partial charge < -0.3 is 9.64 Å². The monoisotopic (exact) mass is 402 g/mol. The maximum atomic E-state index is 6.21. The topological polar surface area (TPSA) is 51.1 Å². The zero-order chi connectivity index (χ0) is 19.8. The molecule has 0 aliphatic carbocycles. The van der Waals surface area contributed by atoms with Crippen molar-refractivity contribution in [1.82, 2.24) is 15.0 Å². The van der Waals surface area contributed by atoms with Crippen LogP contribution in [0.25, 0.3) is 22.3 Å². The van der Waals surface area contributed by atoms with E-state index in [2.05, 4.69) is 16.0 Å². The van der Waals surface area contributed by atoms with Gasteiger partial charge in [0.05, 0.1) is 12.1 Å². The maximum absolute atomic E-state index is 6.21. The molecule has 0 spiro atoms. The van der Waals surface area contributed by atoms with E-state index in [4.69, 9.17) is 26.3 Å². The van der Waals surface area contributed by atoms with Crippen molar-refractivity contribution in [3.05, 3.63) is 71.5 Å². The highest BCUT2D eigenvalue weighted by atomic mass is 35.5. The summed E-state index contributed by atoms with van der Waals surface area (Å²) in [5, 5.41) is 1.72. The van der Waals surface area contributed by atoms with Gasteiger partial charge in [0.15, 0.2) is 5.82 Å². The lowest BCUT2D eigenvalue weighted by atomic mass is 10.1. The van der Waals surface area contributed by atoms with E-state index in [0.29, 0.717) is 12.4 Å². The third kappa shape index (κ3) is 3.28. The minimum atomic E-state index is 0.612. The fraction of sp³-hybridized carbons (Fsp3) is 0.174. The summed E-state index contributed by atoms with van der Waals surface area (Å²) >= 11 is 6.21. The number of nitrogens with zero attached hydrogens (tertiary/aromatic N) is 4. The number of pyridine rings is 1. The largest absolute Gasteiger partial charge is 0.494 e. The summed E-state index contributed by atoms with van der Waals surface area (Å²) in [5.74, 6) is 2.35. The molecule has 2 aromatic heterocycles. The van der Waals surface area contributed by atoms with E-state index in [-0.39, 0.29) is 0 Å². The summed E-state index contributed by atoms with van der Waals surface area (Å²) in [6.45, 7) is 3.43. The number of rotatable bonds is 4. The van der Waals surface area contributed by atoms with Crippen LogP contribution in [-0.2, 0) is 6.42 Å². The second-order valence-corrected chi connectivity index (χ2v) is 7.34. The molecule has 0 unspecified atom stereocenters. The highest BCUT2D eigenvalue weighted by molar-refractivity contribution is 6.30. The highest BCUT2D eigenvalue weighted by Crippen LogP contribution is 2.39. The van der Waals surface area contributed by atoms with Crippen molar-refractivity contribution in [1.29, 1.82) is 0 Å². The van der Waals surface area contributed by atoms with Gasteiger partial charge in [-0.05, 0) is 67.4 Å². The van der Waals surface area contributed by atoms with Gasteiger partial charge in [-0.1, -0.05) is 11.6 Å². The molecule has 5 rings (SSSR count). The molecule has 144 valence electrons. The van der Waals surface area contributed by atoms with Gasteiger partial charge in [0.1, 0.15) is 11.6 Å². The number of benzene rings is 2. The Morgan fingerprint density at radius 1 is 1.10 bits per heavy atom. The first-order valence-electron chi connectivity index (χ1n) is 9.64. The average molecular weight is 403 g/mol. The number of aromatic nitrogens is 3. The van der Waals surface area contributed by atoms with Crippen LogP contribution < -0.4 is 9.64 Å². The van der Waals surface area contributed by atoms with Crippen molar-refractivity contribution in [2.45, 2.75) is 13.3 Å². The second kappa shape index (κ2) is 7.33. The van der Waals surface area contributed by atoms with Crippen LogP contribution in [0.15, 0.2) is 60.9 Å². The van der Waals surface area contributed by atoms with Crippen molar-refractivity contribution in [2.75, 3.05) is 18.1 Å². The van der Waals surface area contributed by atoms with Crippen molar-refractivity contribution >= 4 is 34.0 Å². The molecule has 0 saturated heterocycles. The minimum absolute atomic E-state index is 0.612. The normalized spacial score (nSPS) is 13.0. The summed E-state index contributed by atoms with van der Waals surface area (Å²) in [6, 6.07) is 15.9. The summed E-state index contributed by atoms with van der Waals surface area (Å²) in [5.41, 5.74) is 4.13. The van der Waals surface area contributed by atoms with Crippen LogP contribution in [0.1, 0.15) is 12.5 Å². The Bertz CT molecular complexity index is 1200.